The molecule has 1 aromatic rings. The summed E-state index contributed by atoms with van der Waals surface area (Å²) < 4.78 is 52.4. The number of nitrogens with one attached hydrogen (secondary N) is 1. The van der Waals surface area contributed by atoms with E-state index in [1.807, 2.05) is 0 Å². The summed E-state index contributed by atoms with van der Waals surface area (Å²) in [6, 6.07) is 2.18. The van der Waals surface area contributed by atoms with Crippen LogP contribution in [0.15, 0.2) is 23.1 Å². The Morgan fingerprint density at radius 2 is 1.86 bits per heavy atom. The summed E-state index contributed by atoms with van der Waals surface area (Å²) in [7, 11) is -4.30. The third kappa shape index (κ3) is 4.74. The van der Waals surface area contributed by atoms with Gasteiger partial charge in [0.2, 0.25) is 15.9 Å². The van der Waals surface area contributed by atoms with E-state index in [4.69, 9.17) is 0 Å². The van der Waals surface area contributed by atoms with Gasteiger partial charge in [0.15, 0.2) is 0 Å². The van der Waals surface area contributed by atoms with Crippen molar-refractivity contribution in [3.8, 4) is 0 Å². The van der Waals surface area contributed by atoms with Gasteiger partial charge < -0.3 is 5.32 Å². The molecular weight excluding hydrogens is 314 g/mol. The van der Waals surface area contributed by atoms with Crippen molar-refractivity contribution in [1.29, 1.82) is 0 Å². The fourth-order valence-electron chi connectivity index (χ4n) is 1.80. The van der Waals surface area contributed by atoms with Gasteiger partial charge >= 0.3 is 0 Å². The Kier molecular flexibility index (Phi) is 5.64. The van der Waals surface area contributed by atoms with Gasteiger partial charge in [-0.05, 0) is 39.0 Å². The molecule has 5 nitrogen and oxygen atoms in total. The first-order valence-electron chi connectivity index (χ1n) is 6.73. The molecule has 1 rings (SSSR count). The smallest absolute Gasteiger partial charge is 0.246 e. The molecule has 0 aliphatic carbocycles. The van der Waals surface area contributed by atoms with E-state index in [1.165, 1.54) is 6.92 Å². The summed E-state index contributed by atoms with van der Waals surface area (Å²) in [5, 5.41) is 2.62. The highest BCUT2D eigenvalue weighted by Crippen LogP contribution is 2.20. The highest BCUT2D eigenvalue weighted by Gasteiger charge is 2.29. The molecular formula is C14H20F2N2O3S. The average molecular weight is 334 g/mol. The lowest BCUT2D eigenvalue weighted by molar-refractivity contribution is -0.122. The van der Waals surface area contributed by atoms with Crippen molar-refractivity contribution in [1.82, 2.24) is 9.62 Å². The van der Waals surface area contributed by atoms with Crippen molar-refractivity contribution in [3.63, 3.8) is 0 Å². The number of halogens is 2. The van der Waals surface area contributed by atoms with Crippen molar-refractivity contribution >= 4 is 15.9 Å². The highest BCUT2D eigenvalue weighted by molar-refractivity contribution is 7.89. The molecule has 0 spiro atoms. The molecule has 0 heterocycles. The minimum atomic E-state index is -4.30. The number of carbonyl (C=O) groups is 1. The average Bonchev–Trinajstić information content (AvgIpc) is 2.36. The maximum Gasteiger partial charge on any atom is 0.246 e. The molecule has 0 unspecified atom stereocenters. The minimum Gasteiger partial charge on any atom is -0.350 e. The zero-order valence-corrected chi connectivity index (χ0v) is 13.8. The number of benzene rings is 1. The summed E-state index contributed by atoms with van der Waals surface area (Å²) in [5.41, 5.74) is -0.523. The lowest BCUT2D eigenvalue weighted by Gasteiger charge is -2.24. The Morgan fingerprint density at radius 1 is 1.27 bits per heavy atom. The Hall–Kier alpha value is -1.54. The van der Waals surface area contributed by atoms with Gasteiger partial charge in [-0.3, -0.25) is 4.79 Å². The van der Waals surface area contributed by atoms with Crippen LogP contribution >= 0.6 is 0 Å². The van der Waals surface area contributed by atoms with Crippen LogP contribution in [0.4, 0.5) is 8.78 Å². The predicted octanol–water partition coefficient (Wildman–Crippen LogP) is 1.89. The van der Waals surface area contributed by atoms with Gasteiger partial charge in [-0.2, -0.15) is 4.31 Å². The van der Waals surface area contributed by atoms with Gasteiger partial charge in [-0.25, -0.2) is 17.2 Å². The molecule has 0 atom stereocenters. The van der Waals surface area contributed by atoms with Crippen molar-refractivity contribution in [3.05, 3.63) is 29.8 Å². The number of hydrogen-bond acceptors (Lipinski definition) is 3. The van der Waals surface area contributed by atoms with Crippen molar-refractivity contribution < 1.29 is 22.0 Å². The molecule has 1 amide bonds. The minimum absolute atomic E-state index is 0.0458. The Morgan fingerprint density at radius 3 is 2.36 bits per heavy atom. The highest BCUT2D eigenvalue weighted by atomic mass is 32.2. The second kappa shape index (κ2) is 6.70. The van der Waals surface area contributed by atoms with Gasteiger partial charge in [-0.1, -0.05) is 6.92 Å². The van der Waals surface area contributed by atoms with E-state index in [2.05, 4.69) is 5.32 Å². The first-order valence-corrected chi connectivity index (χ1v) is 8.17. The summed E-state index contributed by atoms with van der Waals surface area (Å²) in [4.78, 5) is 11.1. The molecule has 1 N–H and O–H groups in total. The van der Waals surface area contributed by atoms with Crippen LogP contribution in [0, 0.1) is 11.6 Å². The lowest BCUT2D eigenvalue weighted by Crippen LogP contribution is -2.47. The monoisotopic (exact) mass is 334 g/mol. The van der Waals surface area contributed by atoms with Gasteiger partial charge in [0.1, 0.15) is 16.5 Å². The fourth-order valence-corrected chi connectivity index (χ4v) is 3.28. The number of carbonyl (C=O) groups excluding carboxylic acids is 1. The first kappa shape index (κ1) is 18.5. The summed E-state index contributed by atoms with van der Waals surface area (Å²) in [5.74, 6) is -2.44. The van der Waals surface area contributed by atoms with Crippen LogP contribution in [0.1, 0.15) is 27.7 Å². The summed E-state index contributed by atoms with van der Waals surface area (Å²) in [6.07, 6.45) is 0. The van der Waals surface area contributed by atoms with Crippen LogP contribution < -0.4 is 5.32 Å². The first-order chi connectivity index (χ1) is 9.97. The maximum absolute atomic E-state index is 13.7. The molecule has 0 aliphatic heterocycles. The van der Waals surface area contributed by atoms with Crippen molar-refractivity contribution in [2.75, 3.05) is 13.1 Å². The predicted molar refractivity (Wildman–Crippen MR) is 78.7 cm³/mol. The normalized spacial score (nSPS) is 12.5. The molecule has 0 bridgehead atoms. The largest absolute Gasteiger partial charge is 0.350 e. The number of amides is 1. The van der Waals surface area contributed by atoms with E-state index in [0.29, 0.717) is 6.07 Å². The summed E-state index contributed by atoms with van der Waals surface area (Å²) in [6.45, 7) is 6.26. The molecule has 0 saturated heterocycles. The van der Waals surface area contributed by atoms with Crippen LogP contribution in [-0.4, -0.2) is 37.3 Å². The molecule has 22 heavy (non-hydrogen) atoms. The van der Waals surface area contributed by atoms with E-state index < -0.39 is 44.5 Å². The third-order valence-electron chi connectivity index (χ3n) is 2.70. The lowest BCUT2D eigenvalue weighted by atomic mass is 10.1. The number of rotatable bonds is 5. The maximum atomic E-state index is 13.7. The van der Waals surface area contributed by atoms with Crippen LogP contribution in [0.3, 0.4) is 0 Å². The zero-order valence-electron chi connectivity index (χ0n) is 13.0. The van der Waals surface area contributed by atoms with E-state index in [-0.39, 0.29) is 6.54 Å². The van der Waals surface area contributed by atoms with Gasteiger partial charge in [-0.15, -0.1) is 0 Å². The molecule has 0 radical (unpaired) electrons. The van der Waals surface area contributed by atoms with Crippen molar-refractivity contribution in [2.24, 2.45) is 0 Å². The number of sulfonamides is 1. The third-order valence-corrected chi connectivity index (χ3v) is 4.63. The zero-order chi connectivity index (χ0) is 17.1. The number of nitrogens with zero attached hydrogens (tertiary/aromatic N) is 1. The van der Waals surface area contributed by atoms with E-state index in [0.717, 1.165) is 16.4 Å². The number of likely N-dealkylation sites (N-methyl/N-ethyl adjacent to an activating group) is 1. The second-order valence-corrected chi connectivity index (χ2v) is 7.71. The van der Waals surface area contributed by atoms with Crippen LogP contribution in [0.2, 0.25) is 0 Å². The Bertz CT molecular complexity index is 655. The topological polar surface area (TPSA) is 66.5 Å². The SMILES string of the molecule is CCN(CC(=O)NC(C)(C)C)S(=O)(=O)c1cc(F)ccc1F. The van der Waals surface area contributed by atoms with E-state index in [1.54, 1.807) is 20.8 Å². The molecule has 1 aromatic carbocycles. The molecule has 124 valence electrons. The van der Waals surface area contributed by atoms with Gasteiger partial charge in [0.25, 0.3) is 0 Å². The summed E-state index contributed by atoms with van der Waals surface area (Å²) >= 11 is 0. The molecule has 0 fully saturated rings. The standard InChI is InChI=1S/C14H20F2N2O3S/c1-5-18(9-13(19)17-14(2,3)4)22(20,21)12-8-10(15)6-7-11(12)16/h6-8H,5,9H2,1-4H3,(H,17,19). The van der Waals surface area contributed by atoms with Gasteiger partial charge in [0.05, 0.1) is 6.54 Å². The van der Waals surface area contributed by atoms with Crippen LogP contribution in [-0.2, 0) is 14.8 Å². The Balaban J connectivity index is 3.07. The molecule has 0 aromatic heterocycles. The fraction of sp³-hybridized carbons (Fsp3) is 0.500. The Labute approximate surface area is 129 Å². The van der Waals surface area contributed by atoms with Crippen LogP contribution in [0.25, 0.3) is 0 Å². The quantitative estimate of drug-likeness (QED) is 0.894. The van der Waals surface area contributed by atoms with Crippen molar-refractivity contribution in [2.45, 2.75) is 38.1 Å². The van der Waals surface area contributed by atoms with Gasteiger partial charge in [0, 0.05) is 12.1 Å². The molecule has 0 aliphatic rings. The van der Waals surface area contributed by atoms with E-state index >= 15 is 0 Å². The molecule has 8 heteroatoms. The van der Waals surface area contributed by atoms with Crippen LogP contribution in [0.5, 0.6) is 0 Å². The van der Waals surface area contributed by atoms with E-state index in [9.17, 15) is 22.0 Å². The second-order valence-electron chi connectivity index (χ2n) is 5.80. The number of hydrogen-bond donors (Lipinski definition) is 1. The molecule has 0 saturated carbocycles.